The van der Waals surface area contributed by atoms with Gasteiger partial charge in [0.25, 0.3) is 0 Å². The van der Waals surface area contributed by atoms with E-state index >= 15 is 0 Å². The smallest absolute Gasteiger partial charge is 0.331 e. The average Bonchev–Trinajstić information content (AvgIpc) is 2.55. The summed E-state index contributed by atoms with van der Waals surface area (Å²) < 4.78 is 10.3. The van der Waals surface area contributed by atoms with E-state index in [1.807, 2.05) is 13.8 Å². The maximum absolute atomic E-state index is 11.6. The third kappa shape index (κ3) is 14.0. The Morgan fingerprint density at radius 2 is 1.43 bits per heavy atom. The molecule has 0 rings (SSSR count). The van der Waals surface area contributed by atoms with E-state index in [2.05, 4.69) is 6.92 Å². The van der Waals surface area contributed by atoms with Crippen LogP contribution < -0.4 is 0 Å². The molecule has 0 aromatic heterocycles. The first-order valence-corrected chi connectivity index (χ1v) is 9.19. The van der Waals surface area contributed by atoms with Crippen molar-refractivity contribution >= 4 is 11.9 Å². The summed E-state index contributed by atoms with van der Waals surface area (Å²) in [5, 5.41) is 0. The molecule has 0 aliphatic carbocycles. The summed E-state index contributed by atoms with van der Waals surface area (Å²) in [6.45, 7) is 6.65. The first-order valence-electron chi connectivity index (χ1n) is 9.19. The molecule has 0 aliphatic rings. The quantitative estimate of drug-likeness (QED) is 0.257. The molecule has 23 heavy (non-hydrogen) atoms. The van der Waals surface area contributed by atoms with E-state index in [0.717, 1.165) is 44.3 Å². The Hall–Kier alpha value is -1.32. The van der Waals surface area contributed by atoms with E-state index in [1.165, 1.54) is 32.1 Å². The van der Waals surface area contributed by atoms with Gasteiger partial charge in [0, 0.05) is 12.2 Å². The van der Waals surface area contributed by atoms with Gasteiger partial charge in [-0.1, -0.05) is 65.7 Å². The highest BCUT2D eigenvalue weighted by molar-refractivity contribution is 5.91. The molecule has 1 unspecified atom stereocenters. The van der Waals surface area contributed by atoms with E-state index in [4.69, 9.17) is 9.47 Å². The minimum atomic E-state index is -0.475. The lowest BCUT2D eigenvalue weighted by atomic mass is 10.1. The molecule has 0 radical (unpaired) electrons. The summed E-state index contributed by atoms with van der Waals surface area (Å²) in [6, 6.07) is 0. The second kappa shape index (κ2) is 15.6. The maximum Gasteiger partial charge on any atom is 0.331 e. The fraction of sp³-hybridized carbons (Fsp3) is 0.789. The van der Waals surface area contributed by atoms with Gasteiger partial charge >= 0.3 is 11.9 Å². The number of rotatable bonds is 14. The van der Waals surface area contributed by atoms with Crippen molar-refractivity contribution in [2.24, 2.45) is 0 Å². The molecule has 0 aromatic rings. The van der Waals surface area contributed by atoms with E-state index in [9.17, 15) is 9.59 Å². The van der Waals surface area contributed by atoms with Crippen LogP contribution >= 0.6 is 0 Å². The topological polar surface area (TPSA) is 52.6 Å². The largest absolute Gasteiger partial charge is 0.463 e. The first-order chi connectivity index (χ1) is 11.1. The van der Waals surface area contributed by atoms with Crippen LogP contribution in [0, 0.1) is 0 Å². The summed E-state index contributed by atoms with van der Waals surface area (Å²) in [5.41, 5.74) is 0. The van der Waals surface area contributed by atoms with Crippen LogP contribution in [0.15, 0.2) is 12.2 Å². The van der Waals surface area contributed by atoms with Crippen LogP contribution in [0.25, 0.3) is 0 Å². The molecule has 4 nitrogen and oxygen atoms in total. The first kappa shape index (κ1) is 21.7. The Labute approximate surface area is 141 Å². The van der Waals surface area contributed by atoms with Crippen LogP contribution in [0.2, 0.25) is 0 Å². The zero-order valence-corrected chi connectivity index (χ0v) is 15.1. The van der Waals surface area contributed by atoms with Gasteiger partial charge in [-0.15, -0.1) is 0 Å². The monoisotopic (exact) mass is 326 g/mol. The molecule has 0 aliphatic heterocycles. The molecule has 0 saturated heterocycles. The standard InChI is InChI=1S/C19H34O4/c1-4-7-8-9-10-11-12-16-22-18(20)14-15-19(21)23-17(6-3)13-5-2/h14-15,17H,4-13,16H2,1-3H3/b15-14+. The van der Waals surface area contributed by atoms with Gasteiger partial charge in [-0.05, 0) is 19.3 Å². The van der Waals surface area contributed by atoms with Crippen LogP contribution in [-0.2, 0) is 19.1 Å². The number of unbranched alkanes of at least 4 members (excludes halogenated alkanes) is 6. The van der Waals surface area contributed by atoms with Crippen LogP contribution in [0.3, 0.4) is 0 Å². The third-order valence-electron chi connectivity index (χ3n) is 3.70. The molecule has 0 heterocycles. The Morgan fingerprint density at radius 3 is 2.04 bits per heavy atom. The van der Waals surface area contributed by atoms with E-state index in [0.29, 0.717) is 6.61 Å². The summed E-state index contributed by atoms with van der Waals surface area (Å²) in [5.74, 6) is -0.949. The normalized spacial score (nSPS) is 12.3. The van der Waals surface area contributed by atoms with Crippen LogP contribution in [-0.4, -0.2) is 24.6 Å². The molecule has 4 heteroatoms. The molecule has 0 saturated carbocycles. The molecular formula is C19H34O4. The molecule has 134 valence electrons. The van der Waals surface area contributed by atoms with Crippen molar-refractivity contribution in [3.8, 4) is 0 Å². The fourth-order valence-corrected chi connectivity index (χ4v) is 2.29. The lowest BCUT2D eigenvalue weighted by molar-refractivity contribution is -0.144. The van der Waals surface area contributed by atoms with Crippen molar-refractivity contribution in [2.75, 3.05) is 6.61 Å². The molecule has 0 amide bonds. The number of esters is 2. The zero-order chi connectivity index (χ0) is 17.3. The summed E-state index contributed by atoms with van der Waals surface area (Å²) in [4.78, 5) is 23.1. The second-order valence-electron chi connectivity index (χ2n) is 5.88. The lowest BCUT2D eigenvalue weighted by Gasteiger charge is -2.13. The predicted octanol–water partition coefficient (Wildman–Crippen LogP) is 4.96. The highest BCUT2D eigenvalue weighted by Crippen LogP contribution is 2.08. The van der Waals surface area contributed by atoms with Gasteiger partial charge in [-0.2, -0.15) is 0 Å². The number of carbonyl (C=O) groups excluding carboxylic acids is 2. The van der Waals surface area contributed by atoms with Crippen molar-refractivity contribution < 1.29 is 19.1 Å². The minimum absolute atomic E-state index is 0.0686. The Balaban J connectivity index is 3.69. The molecule has 0 spiro atoms. The molecule has 0 N–H and O–H groups in total. The van der Waals surface area contributed by atoms with Gasteiger partial charge in [0.15, 0.2) is 0 Å². The van der Waals surface area contributed by atoms with Crippen LogP contribution in [0.5, 0.6) is 0 Å². The summed E-state index contributed by atoms with van der Waals surface area (Å²) >= 11 is 0. The number of ether oxygens (including phenoxy) is 2. The van der Waals surface area contributed by atoms with Crippen molar-refractivity contribution in [1.82, 2.24) is 0 Å². The molecule has 1 atom stereocenters. The Kier molecular flexibility index (Phi) is 14.7. The summed E-state index contributed by atoms with van der Waals surface area (Å²) in [7, 11) is 0. The van der Waals surface area contributed by atoms with Gasteiger partial charge < -0.3 is 9.47 Å². The number of carbonyl (C=O) groups is 2. The van der Waals surface area contributed by atoms with Gasteiger partial charge in [-0.3, -0.25) is 0 Å². The highest BCUT2D eigenvalue weighted by Gasteiger charge is 2.09. The Morgan fingerprint density at radius 1 is 0.826 bits per heavy atom. The van der Waals surface area contributed by atoms with Gasteiger partial charge in [0.05, 0.1) is 6.61 Å². The van der Waals surface area contributed by atoms with Crippen molar-refractivity contribution in [2.45, 2.75) is 91.1 Å². The van der Waals surface area contributed by atoms with E-state index < -0.39 is 11.9 Å². The highest BCUT2D eigenvalue weighted by atomic mass is 16.5. The van der Waals surface area contributed by atoms with Crippen molar-refractivity contribution in [1.29, 1.82) is 0 Å². The van der Waals surface area contributed by atoms with E-state index in [-0.39, 0.29) is 6.10 Å². The van der Waals surface area contributed by atoms with Gasteiger partial charge in [0.1, 0.15) is 6.10 Å². The average molecular weight is 326 g/mol. The van der Waals surface area contributed by atoms with Gasteiger partial charge in [-0.25, -0.2) is 9.59 Å². The van der Waals surface area contributed by atoms with Crippen LogP contribution in [0.1, 0.15) is 85.0 Å². The molecule has 0 fully saturated rings. The van der Waals surface area contributed by atoms with Crippen molar-refractivity contribution in [3.63, 3.8) is 0 Å². The number of hydrogen-bond acceptors (Lipinski definition) is 4. The fourth-order valence-electron chi connectivity index (χ4n) is 2.29. The molecule has 0 bridgehead atoms. The third-order valence-corrected chi connectivity index (χ3v) is 3.70. The minimum Gasteiger partial charge on any atom is -0.463 e. The predicted molar refractivity (Wildman–Crippen MR) is 93.2 cm³/mol. The van der Waals surface area contributed by atoms with Crippen LogP contribution in [0.4, 0.5) is 0 Å². The number of hydrogen-bond donors (Lipinski definition) is 0. The lowest BCUT2D eigenvalue weighted by Crippen LogP contribution is -2.16. The zero-order valence-electron chi connectivity index (χ0n) is 15.1. The second-order valence-corrected chi connectivity index (χ2v) is 5.88. The molecule has 0 aromatic carbocycles. The SMILES string of the molecule is CCCCCCCCCOC(=O)/C=C/C(=O)OC(CC)CCC. The van der Waals surface area contributed by atoms with E-state index in [1.54, 1.807) is 0 Å². The maximum atomic E-state index is 11.6. The Bertz CT molecular complexity index is 336. The van der Waals surface area contributed by atoms with Gasteiger partial charge in [0.2, 0.25) is 0 Å². The van der Waals surface area contributed by atoms with Crippen molar-refractivity contribution in [3.05, 3.63) is 12.2 Å². The molecular weight excluding hydrogens is 292 g/mol. The summed E-state index contributed by atoms with van der Waals surface area (Å²) in [6.07, 6.45) is 13.1.